The maximum absolute atomic E-state index is 13.5. The molecule has 0 aromatic heterocycles. The van der Waals surface area contributed by atoms with Crippen molar-refractivity contribution in [2.24, 2.45) is 0 Å². The van der Waals surface area contributed by atoms with Crippen molar-refractivity contribution in [1.82, 2.24) is 0 Å². The molecule has 0 aliphatic carbocycles. The Hall–Kier alpha value is -1.86. The molecule has 0 aliphatic rings. The van der Waals surface area contributed by atoms with Gasteiger partial charge in [0.25, 0.3) is 10.0 Å². The molecule has 21 heavy (non-hydrogen) atoms. The summed E-state index contributed by atoms with van der Waals surface area (Å²) in [6.45, 7) is 0. The van der Waals surface area contributed by atoms with E-state index >= 15 is 0 Å². The number of hydrogen-bond donors (Lipinski definition) is 1. The van der Waals surface area contributed by atoms with Crippen molar-refractivity contribution in [2.75, 3.05) is 11.8 Å². The molecule has 1 N–H and O–H groups in total. The van der Waals surface area contributed by atoms with E-state index in [1.165, 1.54) is 19.2 Å². The van der Waals surface area contributed by atoms with Crippen LogP contribution < -0.4 is 9.46 Å². The molecule has 8 heteroatoms. The molecule has 4 nitrogen and oxygen atoms in total. The van der Waals surface area contributed by atoms with Crippen molar-refractivity contribution in [3.63, 3.8) is 0 Å². The number of halogens is 3. The topological polar surface area (TPSA) is 55.4 Å². The maximum atomic E-state index is 13.5. The fourth-order valence-electron chi connectivity index (χ4n) is 1.64. The average Bonchev–Trinajstić information content (AvgIpc) is 2.42. The zero-order valence-electron chi connectivity index (χ0n) is 10.7. The Kier molecular flexibility index (Phi) is 4.34. The third kappa shape index (κ3) is 3.43. The molecule has 112 valence electrons. The van der Waals surface area contributed by atoms with Crippen LogP contribution in [0.3, 0.4) is 0 Å². The Morgan fingerprint density at radius 3 is 2.52 bits per heavy atom. The standard InChI is InChI=1S/C13H10ClF2NO3S/c1-20-12-5-2-8(14)6-13(12)21(18,19)17-11-7-9(15)3-4-10(11)16/h2-7,17H,1H3. The van der Waals surface area contributed by atoms with Crippen molar-refractivity contribution >= 4 is 27.3 Å². The van der Waals surface area contributed by atoms with Crippen LogP contribution in [0.5, 0.6) is 5.75 Å². The Bertz CT molecular complexity index is 781. The highest BCUT2D eigenvalue weighted by molar-refractivity contribution is 7.92. The van der Waals surface area contributed by atoms with E-state index in [1.807, 2.05) is 4.72 Å². The first kappa shape index (κ1) is 15.5. The van der Waals surface area contributed by atoms with Gasteiger partial charge < -0.3 is 4.74 Å². The van der Waals surface area contributed by atoms with E-state index in [1.54, 1.807) is 0 Å². The summed E-state index contributed by atoms with van der Waals surface area (Å²) in [5.41, 5.74) is -0.503. The predicted molar refractivity (Wildman–Crippen MR) is 75.2 cm³/mol. The molecule has 0 bridgehead atoms. The molecule has 0 saturated carbocycles. The SMILES string of the molecule is COc1ccc(Cl)cc1S(=O)(=O)Nc1cc(F)ccc1F. The molecule has 2 aromatic rings. The fourth-order valence-corrected chi connectivity index (χ4v) is 3.13. The van der Waals surface area contributed by atoms with Gasteiger partial charge in [0.15, 0.2) is 0 Å². The van der Waals surface area contributed by atoms with Crippen LogP contribution >= 0.6 is 11.6 Å². The Balaban J connectivity index is 2.48. The van der Waals surface area contributed by atoms with Gasteiger partial charge in [0.1, 0.15) is 22.3 Å². The van der Waals surface area contributed by atoms with Crippen molar-refractivity contribution in [1.29, 1.82) is 0 Å². The van der Waals surface area contributed by atoms with Crippen LogP contribution in [0.2, 0.25) is 5.02 Å². The Morgan fingerprint density at radius 1 is 1.14 bits per heavy atom. The Morgan fingerprint density at radius 2 is 1.86 bits per heavy atom. The van der Waals surface area contributed by atoms with E-state index in [9.17, 15) is 17.2 Å². The summed E-state index contributed by atoms with van der Waals surface area (Å²) in [6.07, 6.45) is 0. The average molecular weight is 334 g/mol. The maximum Gasteiger partial charge on any atom is 0.265 e. The summed E-state index contributed by atoms with van der Waals surface area (Å²) in [5.74, 6) is -1.64. The van der Waals surface area contributed by atoms with Crippen LogP contribution in [0.1, 0.15) is 0 Å². The lowest BCUT2D eigenvalue weighted by Gasteiger charge is -2.12. The summed E-state index contributed by atoms with van der Waals surface area (Å²) in [4.78, 5) is -0.277. The van der Waals surface area contributed by atoms with Gasteiger partial charge in [-0.3, -0.25) is 4.72 Å². The first-order valence-corrected chi connectivity index (χ1v) is 7.51. The number of methoxy groups -OCH3 is 1. The van der Waals surface area contributed by atoms with Crippen molar-refractivity contribution in [3.05, 3.63) is 53.1 Å². The zero-order chi connectivity index (χ0) is 15.6. The molecular formula is C13H10ClF2NO3S. The van der Waals surface area contributed by atoms with Crippen molar-refractivity contribution in [2.45, 2.75) is 4.90 Å². The third-order valence-corrected chi connectivity index (χ3v) is 4.21. The van der Waals surface area contributed by atoms with E-state index in [2.05, 4.69) is 0 Å². The first-order chi connectivity index (χ1) is 9.83. The zero-order valence-corrected chi connectivity index (χ0v) is 12.3. The lowest BCUT2D eigenvalue weighted by Crippen LogP contribution is -2.15. The van der Waals surface area contributed by atoms with Crippen LogP contribution in [-0.4, -0.2) is 15.5 Å². The Labute approximate surface area is 125 Å². The summed E-state index contributed by atoms with van der Waals surface area (Å²) in [6, 6.07) is 6.40. The van der Waals surface area contributed by atoms with Crippen LogP contribution in [0.4, 0.5) is 14.5 Å². The second kappa shape index (κ2) is 5.87. The molecule has 0 saturated heterocycles. The van der Waals surface area contributed by atoms with E-state index < -0.39 is 27.3 Å². The van der Waals surface area contributed by atoms with E-state index in [0.29, 0.717) is 0 Å². The molecule has 2 rings (SSSR count). The van der Waals surface area contributed by atoms with Crippen LogP contribution in [0.25, 0.3) is 0 Å². The molecule has 0 amide bonds. The van der Waals surface area contributed by atoms with E-state index in [0.717, 1.165) is 24.3 Å². The highest BCUT2D eigenvalue weighted by Crippen LogP contribution is 2.29. The molecule has 0 aliphatic heterocycles. The molecule has 0 atom stereocenters. The van der Waals surface area contributed by atoms with Gasteiger partial charge in [-0.25, -0.2) is 17.2 Å². The number of nitrogens with one attached hydrogen (secondary N) is 1. The van der Waals surface area contributed by atoms with Gasteiger partial charge in [-0.15, -0.1) is 0 Å². The largest absolute Gasteiger partial charge is 0.495 e. The van der Waals surface area contributed by atoms with Gasteiger partial charge in [-0.1, -0.05) is 11.6 Å². The molecular weight excluding hydrogens is 324 g/mol. The molecule has 0 fully saturated rings. The number of ether oxygens (including phenoxy) is 1. The third-order valence-electron chi connectivity index (χ3n) is 2.59. The van der Waals surface area contributed by atoms with Gasteiger partial charge in [0.05, 0.1) is 12.8 Å². The summed E-state index contributed by atoms with van der Waals surface area (Å²) in [7, 11) is -2.90. The van der Waals surface area contributed by atoms with Crippen molar-refractivity contribution < 1.29 is 21.9 Å². The van der Waals surface area contributed by atoms with E-state index in [-0.39, 0.29) is 15.7 Å². The lowest BCUT2D eigenvalue weighted by molar-refractivity contribution is 0.403. The van der Waals surface area contributed by atoms with Crippen LogP contribution in [0.15, 0.2) is 41.3 Å². The molecule has 0 spiro atoms. The molecule has 0 unspecified atom stereocenters. The predicted octanol–water partition coefficient (Wildman–Crippen LogP) is 3.43. The van der Waals surface area contributed by atoms with Gasteiger partial charge in [0, 0.05) is 11.1 Å². The highest BCUT2D eigenvalue weighted by Gasteiger charge is 2.21. The highest BCUT2D eigenvalue weighted by atomic mass is 35.5. The van der Waals surface area contributed by atoms with E-state index in [4.69, 9.17) is 16.3 Å². The summed E-state index contributed by atoms with van der Waals surface area (Å²) in [5, 5.41) is 0.163. The van der Waals surface area contributed by atoms with Crippen LogP contribution in [0, 0.1) is 11.6 Å². The number of sulfonamides is 1. The van der Waals surface area contributed by atoms with Gasteiger partial charge >= 0.3 is 0 Å². The minimum absolute atomic E-state index is 0.0312. The summed E-state index contributed by atoms with van der Waals surface area (Å²) < 4.78 is 58.0. The number of benzene rings is 2. The van der Waals surface area contributed by atoms with Gasteiger partial charge in [0.2, 0.25) is 0 Å². The number of rotatable bonds is 4. The second-order valence-corrected chi connectivity index (χ2v) is 6.11. The molecule has 0 heterocycles. The quantitative estimate of drug-likeness (QED) is 0.932. The minimum Gasteiger partial charge on any atom is -0.495 e. The number of anilines is 1. The molecule has 0 radical (unpaired) electrons. The number of hydrogen-bond acceptors (Lipinski definition) is 3. The molecule has 2 aromatic carbocycles. The normalized spacial score (nSPS) is 11.2. The minimum atomic E-state index is -4.18. The smallest absolute Gasteiger partial charge is 0.265 e. The first-order valence-electron chi connectivity index (χ1n) is 5.65. The van der Waals surface area contributed by atoms with Crippen molar-refractivity contribution in [3.8, 4) is 5.75 Å². The lowest BCUT2D eigenvalue weighted by atomic mass is 10.3. The van der Waals surface area contributed by atoms with Gasteiger partial charge in [-0.05, 0) is 30.3 Å². The van der Waals surface area contributed by atoms with Crippen LogP contribution in [-0.2, 0) is 10.0 Å². The summed E-state index contributed by atoms with van der Waals surface area (Å²) >= 11 is 5.76. The fraction of sp³-hybridized carbons (Fsp3) is 0.0769. The monoisotopic (exact) mass is 333 g/mol. The second-order valence-electron chi connectivity index (χ2n) is 4.02. The van der Waals surface area contributed by atoms with Gasteiger partial charge in [-0.2, -0.15) is 0 Å².